The van der Waals surface area contributed by atoms with Crippen LogP contribution in [0.15, 0.2) is 30.5 Å². The number of nitrogens with zero attached hydrogens (tertiary/aromatic N) is 5. The largest absolute Gasteiger partial charge is 0.368 e. The van der Waals surface area contributed by atoms with Gasteiger partial charge in [-0.05, 0) is 38.0 Å². The molecule has 0 radical (unpaired) electrons. The van der Waals surface area contributed by atoms with E-state index in [0.717, 1.165) is 43.3 Å². The third-order valence-electron chi connectivity index (χ3n) is 4.49. The molecule has 2 aromatic rings. The molecular formula is C18H20ClN5. The van der Waals surface area contributed by atoms with Crippen LogP contribution in [0.1, 0.15) is 24.1 Å². The summed E-state index contributed by atoms with van der Waals surface area (Å²) in [7, 11) is 2.03. The van der Waals surface area contributed by atoms with E-state index in [-0.39, 0.29) is 0 Å². The second-order valence-corrected chi connectivity index (χ2v) is 6.50. The fourth-order valence-electron chi connectivity index (χ4n) is 3.15. The van der Waals surface area contributed by atoms with Gasteiger partial charge in [-0.15, -0.1) is 0 Å². The lowest BCUT2D eigenvalue weighted by molar-refractivity contribution is 0.483. The van der Waals surface area contributed by atoms with Gasteiger partial charge in [-0.25, -0.2) is 9.97 Å². The maximum Gasteiger partial charge on any atom is 0.225 e. The number of likely N-dealkylation sites (N-methyl/N-ethyl adjacent to an activating group) is 1. The Hall–Kier alpha value is -2.32. The number of piperidine rings is 1. The highest BCUT2D eigenvalue weighted by atomic mass is 35.5. The first-order chi connectivity index (χ1) is 11.6. The Balaban J connectivity index is 1.83. The second kappa shape index (κ2) is 7.06. The van der Waals surface area contributed by atoms with E-state index in [0.29, 0.717) is 16.6 Å². The molecule has 0 amide bonds. The molecular weight excluding hydrogens is 322 g/mol. The lowest BCUT2D eigenvalue weighted by Crippen LogP contribution is -2.47. The molecule has 1 unspecified atom stereocenters. The van der Waals surface area contributed by atoms with Crippen molar-refractivity contribution in [2.75, 3.05) is 29.9 Å². The van der Waals surface area contributed by atoms with Crippen molar-refractivity contribution < 1.29 is 0 Å². The van der Waals surface area contributed by atoms with Crippen molar-refractivity contribution in [2.45, 2.75) is 25.8 Å². The smallest absolute Gasteiger partial charge is 0.225 e. The second-order valence-electron chi connectivity index (χ2n) is 6.10. The van der Waals surface area contributed by atoms with E-state index < -0.39 is 0 Å². The lowest BCUT2D eigenvalue weighted by atomic mass is 10.0. The summed E-state index contributed by atoms with van der Waals surface area (Å²) >= 11 is 6.18. The van der Waals surface area contributed by atoms with E-state index in [1.807, 2.05) is 32.2 Å². The standard InChI is InChI=1S/C18H20ClN5/c1-13-8-9-21-18(22-13)23(2)14-5-4-10-24(12-14)17-7-3-6-16(19)15(17)11-20/h3,6-9,14H,4-5,10,12H2,1-2H3. The zero-order valence-corrected chi connectivity index (χ0v) is 14.7. The van der Waals surface area contributed by atoms with Crippen molar-refractivity contribution in [2.24, 2.45) is 0 Å². The van der Waals surface area contributed by atoms with Crippen LogP contribution >= 0.6 is 11.6 Å². The summed E-state index contributed by atoms with van der Waals surface area (Å²) in [6, 6.07) is 10.1. The molecule has 124 valence electrons. The molecule has 1 aromatic heterocycles. The van der Waals surface area contributed by atoms with Gasteiger partial charge in [0, 0.05) is 38.1 Å². The van der Waals surface area contributed by atoms with Crippen LogP contribution in [-0.2, 0) is 0 Å². The van der Waals surface area contributed by atoms with Gasteiger partial charge in [0.15, 0.2) is 0 Å². The molecule has 6 heteroatoms. The Morgan fingerprint density at radius 1 is 1.38 bits per heavy atom. The van der Waals surface area contributed by atoms with Crippen molar-refractivity contribution in [1.29, 1.82) is 5.26 Å². The monoisotopic (exact) mass is 341 g/mol. The fraction of sp³-hybridized carbons (Fsp3) is 0.389. The van der Waals surface area contributed by atoms with Crippen molar-refractivity contribution in [3.05, 3.63) is 46.7 Å². The maximum absolute atomic E-state index is 9.42. The minimum absolute atomic E-state index is 0.297. The number of anilines is 2. The SMILES string of the molecule is Cc1ccnc(N(C)C2CCCN(c3cccc(Cl)c3C#N)C2)n1. The molecule has 0 saturated carbocycles. The minimum atomic E-state index is 0.297. The molecule has 5 nitrogen and oxygen atoms in total. The highest BCUT2D eigenvalue weighted by Gasteiger charge is 2.26. The maximum atomic E-state index is 9.42. The third-order valence-corrected chi connectivity index (χ3v) is 4.80. The van der Waals surface area contributed by atoms with E-state index >= 15 is 0 Å². The van der Waals surface area contributed by atoms with Crippen LogP contribution < -0.4 is 9.80 Å². The first-order valence-corrected chi connectivity index (χ1v) is 8.44. The number of nitriles is 1. The van der Waals surface area contributed by atoms with Gasteiger partial charge in [0.05, 0.1) is 16.3 Å². The van der Waals surface area contributed by atoms with Gasteiger partial charge in [0.1, 0.15) is 6.07 Å². The van der Waals surface area contributed by atoms with Crippen molar-refractivity contribution in [1.82, 2.24) is 9.97 Å². The summed E-state index contributed by atoms with van der Waals surface area (Å²) in [6.07, 6.45) is 3.92. The molecule has 0 N–H and O–H groups in total. The first kappa shape index (κ1) is 16.5. The predicted molar refractivity (Wildman–Crippen MR) is 96.6 cm³/mol. The number of hydrogen-bond donors (Lipinski definition) is 0. The molecule has 1 aliphatic heterocycles. The van der Waals surface area contributed by atoms with Crippen LogP contribution in [0.3, 0.4) is 0 Å². The van der Waals surface area contributed by atoms with Crippen LogP contribution in [0, 0.1) is 18.3 Å². The fourth-order valence-corrected chi connectivity index (χ4v) is 3.36. The minimum Gasteiger partial charge on any atom is -0.368 e. The van der Waals surface area contributed by atoms with Crippen molar-refractivity contribution in [3.8, 4) is 6.07 Å². The average molecular weight is 342 g/mol. The van der Waals surface area contributed by atoms with Gasteiger partial charge in [0.2, 0.25) is 5.95 Å². The van der Waals surface area contributed by atoms with Gasteiger partial charge >= 0.3 is 0 Å². The summed E-state index contributed by atoms with van der Waals surface area (Å²) in [6.45, 7) is 3.72. The Bertz CT molecular complexity index is 770. The molecule has 2 heterocycles. The van der Waals surface area contributed by atoms with Crippen LogP contribution in [0.5, 0.6) is 0 Å². The highest BCUT2D eigenvalue weighted by Crippen LogP contribution is 2.30. The van der Waals surface area contributed by atoms with Crippen LogP contribution in [0.4, 0.5) is 11.6 Å². The van der Waals surface area contributed by atoms with E-state index in [4.69, 9.17) is 11.6 Å². The van der Waals surface area contributed by atoms with Crippen LogP contribution in [-0.4, -0.2) is 36.1 Å². The number of aromatic nitrogens is 2. The zero-order chi connectivity index (χ0) is 17.1. The van der Waals surface area contributed by atoms with E-state index in [1.165, 1.54) is 0 Å². The van der Waals surface area contributed by atoms with Gasteiger partial charge in [-0.2, -0.15) is 5.26 Å². The number of aryl methyl sites for hydroxylation is 1. The first-order valence-electron chi connectivity index (χ1n) is 8.06. The zero-order valence-electron chi connectivity index (χ0n) is 13.9. The summed E-state index contributed by atoms with van der Waals surface area (Å²) in [5.74, 6) is 0.744. The molecule has 1 saturated heterocycles. The molecule has 1 atom stereocenters. The van der Waals surface area contributed by atoms with E-state index in [9.17, 15) is 5.26 Å². The summed E-state index contributed by atoms with van der Waals surface area (Å²) in [5, 5.41) is 9.93. The predicted octanol–water partition coefficient (Wildman–Crippen LogP) is 3.42. The van der Waals surface area contributed by atoms with Crippen molar-refractivity contribution >= 4 is 23.2 Å². The topological polar surface area (TPSA) is 56.1 Å². The van der Waals surface area contributed by atoms with Crippen molar-refractivity contribution in [3.63, 3.8) is 0 Å². The number of halogens is 1. The number of benzene rings is 1. The number of hydrogen-bond acceptors (Lipinski definition) is 5. The van der Waals surface area contributed by atoms with E-state index in [2.05, 4.69) is 25.8 Å². The Labute approximate surface area is 147 Å². The molecule has 0 aliphatic carbocycles. The number of rotatable bonds is 3. The Kier molecular flexibility index (Phi) is 4.86. The quantitative estimate of drug-likeness (QED) is 0.856. The molecule has 1 fully saturated rings. The Morgan fingerprint density at radius 2 is 2.21 bits per heavy atom. The van der Waals surface area contributed by atoms with Gasteiger partial charge < -0.3 is 9.80 Å². The third kappa shape index (κ3) is 3.29. The van der Waals surface area contributed by atoms with Gasteiger partial charge in [-0.1, -0.05) is 17.7 Å². The highest BCUT2D eigenvalue weighted by molar-refractivity contribution is 6.32. The molecule has 0 spiro atoms. The van der Waals surface area contributed by atoms with Crippen LogP contribution in [0.25, 0.3) is 0 Å². The molecule has 1 aliphatic rings. The molecule has 24 heavy (non-hydrogen) atoms. The average Bonchev–Trinajstić information content (AvgIpc) is 2.61. The summed E-state index contributed by atoms with van der Waals surface area (Å²) < 4.78 is 0. The molecule has 1 aromatic carbocycles. The Morgan fingerprint density at radius 3 is 2.96 bits per heavy atom. The normalized spacial score (nSPS) is 17.4. The van der Waals surface area contributed by atoms with Gasteiger partial charge in [0.25, 0.3) is 0 Å². The summed E-state index contributed by atoms with van der Waals surface area (Å²) in [5.41, 5.74) is 2.42. The molecule has 3 rings (SSSR count). The van der Waals surface area contributed by atoms with E-state index in [1.54, 1.807) is 12.3 Å². The summed E-state index contributed by atoms with van der Waals surface area (Å²) in [4.78, 5) is 13.3. The molecule has 0 bridgehead atoms. The van der Waals surface area contributed by atoms with Crippen LogP contribution in [0.2, 0.25) is 5.02 Å². The van der Waals surface area contributed by atoms with Gasteiger partial charge in [-0.3, -0.25) is 0 Å². The lowest BCUT2D eigenvalue weighted by Gasteiger charge is -2.39.